The first-order valence-electron chi connectivity index (χ1n) is 10.3. The van der Waals surface area contributed by atoms with E-state index >= 15 is 0 Å². The Kier molecular flexibility index (Phi) is 5.36. The van der Waals surface area contributed by atoms with Gasteiger partial charge in [-0.1, -0.05) is 20.8 Å². The van der Waals surface area contributed by atoms with Crippen LogP contribution in [0.15, 0.2) is 36.7 Å². The Bertz CT molecular complexity index is 1120. The van der Waals surface area contributed by atoms with E-state index in [0.29, 0.717) is 11.6 Å². The number of ether oxygens (including phenoxy) is 1. The van der Waals surface area contributed by atoms with E-state index in [1.54, 1.807) is 6.07 Å². The first-order valence-corrected chi connectivity index (χ1v) is 11.7. The van der Waals surface area contributed by atoms with Gasteiger partial charge in [0.2, 0.25) is 0 Å². The van der Waals surface area contributed by atoms with Crippen molar-refractivity contribution in [2.24, 2.45) is 5.92 Å². The Morgan fingerprint density at radius 2 is 1.97 bits per heavy atom. The molecule has 1 aliphatic heterocycles. The van der Waals surface area contributed by atoms with Crippen LogP contribution in [0.3, 0.4) is 0 Å². The fourth-order valence-corrected chi connectivity index (χ4v) is 4.94. The van der Waals surface area contributed by atoms with Crippen LogP contribution in [0.4, 0.5) is 5.69 Å². The van der Waals surface area contributed by atoms with E-state index in [0.717, 1.165) is 53.5 Å². The zero-order chi connectivity index (χ0) is 21.5. The third-order valence-corrected chi connectivity index (χ3v) is 7.20. The van der Waals surface area contributed by atoms with Crippen LogP contribution < -0.4 is 4.31 Å². The van der Waals surface area contributed by atoms with Gasteiger partial charge in [-0.15, -0.1) is 4.09 Å². The molecule has 0 N–H and O–H groups in total. The molecule has 162 valence electrons. The summed E-state index contributed by atoms with van der Waals surface area (Å²) in [6, 6.07) is 7.23. The van der Waals surface area contributed by atoms with E-state index in [1.165, 1.54) is 23.7 Å². The fraction of sp³-hybridized carbons (Fsp3) is 0.524. The zero-order valence-electron chi connectivity index (χ0n) is 17.9. The number of anilines is 1. The van der Waals surface area contributed by atoms with Crippen LogP contribution in [0, 0.1) is 5.92 Å². The van der Waals surface area contributed by atoms with Gasteiger partial charge in [-0.2, -0.15) is 13.5 Å². The largest absolute Gasteiger partial charge is 0.381 e. The number of nitrogens with zero attached hydrogens (tertiary/aromatic N) is 5. The molecule has 1 fully saturated rings. The first kappa shape index (κ1) is 20.9. The van der Waals surface area contributed by atoms with Crippen LogP contribution in [0.1, 0.15) is 39.4 Å². The normalized spacial score (nSPS) is 16.3. The molecular weight excluding hydrogens is 402 g/mol. The van der Waals surface area contributed by atoms with Gasteiger partial charge in [-0.05, 0) is 43.0 Å². The maximum atomic E-state index is 12.8. The number of hydrogen-bond donors (Lipinski definition) is 0. The zero-order valence-corrected chi connectivity index (χ0v) is 18.8. The average Bonchev–Trinajstić information content (AvgIpc) is 3.36. The highest BCUT2D eigenvalue weighted by Gasteiger charge is 2.27. The van der Waals surface area contributed by atoms with Crippen LogP contribution in [-0.2, 0) is 26.9 Å². The SMILES string of the molecule is CN(c1ccc2c(c1)nc(C(C)(C)C)n2CC1CCOCC1)S(=O)(=O)n1cccn1. The monoisotopic (exact) mass is 431 g/mol. The summed E-state index contributed by atoms with van der Waals surface area (Å²) in [7, 11) is -2.25. The smallest absolute Gasteiger partial charge is 0.345 e. The van der Waals surface area contributed by atoms with Gasteiger partial charge in [-0.25, -0.2) is 4.98 Å². The van der Waals surface area contributed by atoms with E-state index in [-0.39, 0.29) is 5.41 Å². The summed E-state index contributed by atoms with van der Waals surface area (Å²) in [5, 5.41) is 3.87. The van der Waals surface area contributed by atoms with Gasteiger partial charge in [0.15, 0.2) is 0 Å². The lowest BCUT2D eigenvalue weighted by molar-refractivity contribution is 0.0611. The predicted octanol–water partition coefficient (Wildman–Crippen LogP) is 3.19. The second-order valence-electron chi connectivity index (χ2n) is 8.88. The molecule has 30 heavy (non-hydrogen) atoms. The van der Waals surface area contributed by atoms with E-state index in [4.69, 9.17) is 9.72 Å². The lowest BCUT2D eigenvalue weighted by Gasteiger charge is -2.26. The van der Waals surface area contributed by atoms with E-state index < -0.39 is 10.2 Å². The average molecular weight is 432 g/mol. The quantitative estimate of drug-likeness (QED) is 0.620. The second-order valence-corrected chi connectivity index (χ2v) is 10.7. The fourth-order valence-electron chi connectivity index (χ4n) is 3.91. The number of rotatable bonds is 5. The molecule has 0 unspecified atom stereocenters. The van der Waals surface area contributed by atoms with Gasteiger partial charge in [-0.3, -0.25) is 4.31 Å². The molecule has 3 heterocycles. The molecule has 0 amide bonds. The van der Waals surface area contributed by atoms with Crippen molar-refractivity contribution in [2.75, 3.05) is 24.6 Å². The minimum atomic E-state index is -3.78. The molecule has 0 spiro atoms. The van der Waals surface area contributed by atoms with Crippen LogP contribution in [0.2, 0.25) is 0 Å². The van der Waals surface area contributed by atoms with Gasteiger partial charge in [0.25, 0.3) is 0 Å². The van der Waals surface area contributed by atoms with Gasteiger partial charge in [0, 0.05) is 38.4 Å². The minimum absolute atomic E-state index is 0.128. The molecule has 2 aromatic heterocycles. The highest BCUT2D eigenvalue weighted by molar-refractivity contribution is 7.91. The summed E-state index contributed by atoms with van der Waals surface area (Å²) >= 11 is 0. The van der Waals surface area contributed by atoms with Crippen LogP contribution in [0.25, 0.3) is 11.0 Å². The van der Waals surface area contributed by atoms with Crippen LogP contribution in [0.5, 0.6) is 0 Å². The maximum absolute atomic E-state index is 12.8. The van der Waals surface area contributed by atoms with Crippen LogP contribution in [-0.4, -0.2) is 47.4 Å². The Morgan fingerprint density at radius 1 is 1.23 bits per heavy atom. The lowest BCUT2D eigenvalue weighted by atomic mass is 9.94. The Morgan fingerprint density at radius 3 is 2.60 bits per heavy atom. The van der Waals surface area contributed by atoms with Crippen molar-refractivity contribution >= 4 is 26.9 Å². The van der Waals surface area contributed by atoms with Crippen LogP contribution >= 0.6 is 0 Å². The Hall–Kier alpha value is -2.39. The molecular formula is C21H29N5O3S. The Labute approximate surface area is 177 Å². The maximum Gasteiger partial charge on any atom is 0.345 e. The van der Waals surface area contributed by atoms with Crippen molar-refractivity contribution in [2.45, 2.75) is 45.6 Å². The molecule has 1 aliphatic rings. The molecule has 8 nitrogen and oxygen atoms in total. The first-order chi connectivity index (χ1) is 14.2. The van der Waals surface area contributed by atoms with Crippen molar-refractivity contribution in [3.05, 3.63) is 42.5 Å². The highest BCUT2D eigenvalue weighted by Crippen LogP contribution is 2.31. The number of fused-ring (bicyclic) bond motifs is 1. The van der Waals surface area contributed by atoms with Crippen molar-refractivity contribution < 1.29 is 13.2 Å². The van der Waals surface area contributed by atoms with Crippen molar-refractivity contribution in [3.63, 3.8) is 0 Å². The molecule has 0 aliphatic carbocycles. The molecule has 0 saturated carbocycles. The molecule has 3 aromatic rings. The van der Waals surface area contributed by atoms with Crippen molar-refractivity contribution in [3.8, 4) is 0 Å². The third-order valence-electron chi connectivity index (χ3n) is 5.61. The molecule has 4 rings (SSSR count). The van der Waals surface area contributed by atoms with Gasteiger partial charge in [0.05, 0.1) is 22.9 Å². The highest BCUT2D eigenvalue weighted by atomic mass is 32.2. The van der Waals surface area contributed by atoms with E-state index in [1.807, 2.05) is 18.2 Å². The molecule has 1 aromatic carbocycles. The van der Waals surface area contributed by atoms with Gasteiger partial charge < -0.3 is 9.30 Å². The molecule has 0 atom stereocenters. The third kappa shape index (κ3) is 3.83. The number of benzene rings is 1. The predicted molar refractivity (Wildman–Crippen MR) is 117 cm³/mol. The van der Waals surface area contributed by atoms with E-state index in [9.17, 15) is 8.42 Å². The molecule has 0 radical (unpaired) electrons. The summed E-state index contributed by atoms with van der Waals surface area (Å²) in [5.74, 6) is 1.57. The summed E-state index contributed by atoms with van der Waals surface area (Å²) in [6.45, 7) is 8.98. The van der Waals surface area contributed by atoms with Crippen molar-refractivity contribution in [1.29, 1.82) is 0 Å². The topological polar surface area (TPSA) is 82.3 Å². The summed E-state index contributed by atoms with van der Waals surface area (Å²) < 4.78 is 35.6. The second kappa shape index (κ2) is 7.70. The molecule has 1 saturated heterocycles. The Balaban J connectivity index is 1.74. The standard InChI is InChI=1S/C21H29N5O3S/c1-21(2,3)20-23-18-14-17(24(4)30(27,28)26-11-5-10-22-26)6-7-19(18)25(20)15-16-8-12-29-13-9-16/h5-7,10-11,14,16H,8-9,12-13,15H2,1-4H3. The molecule has 0 bridgehead atoms. The van der Waals surface area contributed by atoms with E-state index in [2.05, 4.69) is 30.4 Å². The minimum Gasteiger partial charge on any atom is -0.381 e. The lowest BCUT2D eigenvalue weighted by Crippen LogP contribution is -2.32. The van der Waals surface area contributed by atoms with Gasteiger partial charge >= 0.3 is 10.2 Å². The molecule has 9 heteroatoms. The number of imidazole rings is 1. The summed E-state index contributed by atoms with van der Waals surface area (Å²) in [5.41, 5.74) is 2.25. The number of hydrogen-bond acceptors (Lipinski definition) is 5. The number of aromatic nitrogens is 4. The summed E-state index contributed by atoms with van der Waals surface area (Å²) in [4.78, 5) is 4.93. The van der Waals surface area contributed by atoms with Gasteiger partial charge in [0.1, 0.15) is 5.82 Å². The van der Waals surface area contributed by atoms with Crippen molar-refractivity contribution in [1.82, 2.24) is 18.7 Å². The summed E-state index contributed by atoms with van der Waals surface area (Å²) in [6.07, 6.45) is 4.96.